The number of rotatable bonds is 1. The van der Waals surface area contributed by atoms with Crippen LogP contribution in [0.15, 0.2) is 9.40 Å². The second kappa shape index (κ2) is 3.67. The van der Waals surface area contributed by atoms with Crippen molar-refractivity contribution < 1.29 is 0 Å². The van der Waals surface area contributed by atoms with Crippen molar-refractivity contribution in [2.24, 2.45) is 0 Å². The van der Waals surface area contributed by atoms with Gasteiger partial charge in [-0.15, -0.1) is 0 Å². The van der Waals surface area contributed by atoms with E-state index in [2.05, 4.69) is 31.2 Å². The van der Waals surface area contributed by atoms with Gasteiger partial charge in [0.25, 0.3) is 0 Å². The van der Waals surface area contributed by atoms with Gasteiger partial charge < -0.3 is 15.3 Å². The quantitative estimate of drug-likeness (QED) is 0.690. The molecule has 2 rings (SSSR count). The van der Waals surface area contributed by atoms with E-state index in [0.717, 1.165) is 29.8 Å². The molecule has 0 aliphatic carbocycles. The third-order valence-corrected chi connectivity index (χ3v) is 3.04. The molecule has 1 unspecified atom stereocenters. The maximum absolute atomic E-state index is 11.0. The third-order valence-electron chi connectivity index (χ3n) is 2.41. The third kappa shape index (κ3) is 1.86. The average Bonchev–Trinajstić information content (AvgIpc) is 2.47. The summed E-state index contributed by atoms with van der Waals surface area (Å²) in [5.74, 6) is 0.432. The average molecular weight is 246 g/mol. The lowest BCUT2D eigenvalue weighted by Gasteiger charge is -2.21. The molecule has 0 saturated carbocycles. The number of imidazole rings is 1. The minimum atomic E-state index is -0.132. The van der Waals surface area contributed by atoms with Crippen LogP contribution >= 0.6 is 15.9 Å². The lowest BCUT2D eigenvalue weighted by Crippen LogP contribution is -2.28. The molecule has 1 atom stereocenters. The van der Waals surface area contributed by atoms with Crippen LogP contribution in [0.5, 0.6) is 0 Å². The van der Waals surface area contributed by atoms with E-state index in [-0.39, 0.29) is 5.69 Å². The summed E-state index contributed by atoms with van der Waals surface area (Å²) >= 11 is 3.34. The van der Waals surface area contributed by atoms with Crippen LogP contribution in [0.2, 0.25) is 0 Å². The molecule has 1 saturated heterocycles. The van der Waals surface area contributed by atoms with Gasteiger partial charge in [0.15, 0.2) is 0 Å². The van der Waals surface area contributed by atoms with Gasteiger partial charge >= 0.3 is 5.69 Å². The number of aromatic nitrogens is 2. The molecule has 13 heavy (non-hydrogen) atoms. The first kappa shape index (κ1) is 9.02. The van der Waals surface area contributed by atoms with Crippen molar-refractivity contribution in [1.82, 2.24) is 15.3 Å². The maximum atomic E-state index is 11.0. The molecule has 1 aliphatic heterocycles. The Morgan fingerprint density at radius 1 is 1.38 bits per heavy atom. The van der Waals surface area contributed by atoms with Crippen molar-refractivity contribution in [3.05, 3.63) is 20.8 Å². The molecule has 0 spiro atoms. The summed E-state index contributed by atoms with van der Waals surface area (Å²) in [4.78, 5) is 16.5. The highest BCUT2D eigenvalue weighted by Gasteiger charge is 2.19. The Labute approximate surface area is 84.3 Å². The standard InChI is InChI=1S/C8H12BrN3O/c9-7-6(11-8(13)12-7)5-2-1-3-10-4-5/h5,10H,1-4H2,(H2,11,12,13). The van der Waals surface area contributed by atoms with E-state index in [1.54, 1.807) is 0 Å². The van der Waals surface area contributed by atoms with Crippen LogP contribution in [0.25, 0.3) is 0 Å². The zero-order valence-electron chi connectivity index (χ0n) is 7.19. The predicted octanol–water partition coefficient (Wildman–Crippen LogP) is 0.932. The molecule has 72 valence electrons. The lowest BCUT2D eigenvalue weighted by molar-refractivity contribution is 0.454. The van der Waals surface area contributed by atoms with Gasteiger partial charge in [-0.05, 0) is 35.3 Å². The first-order valence-corrected chi connectivity index (χ1v) is 5.25. The number of hydrogen-bond donors (Lipinski definition) is 3. The van der Waals surface area contributed by atoms with Gasteiger partial charge in [0.2, 0.25) is 0 Å². The predicted molar refractivity (Wildman–Crippen MR) is 54.0 cm³/mol. The largest absolute Gasteiger partial charge is 0.323 e. The number of hydrogen-bond acceptors (Lipinski definition) is 2. The summed E-state index contributed by atoms with van der Waals surface area (Å²) in [5.41, 5.74) is 0.865. The highest BCUT2D eigenvalue weighted by atomic mass is 79.9. The highest BCUT2D eigenvalue weighted by molar-refractivity contribution is 9.10. The van der Waals surface area contributed by atoms with Gasteiger partial charge in [-0.25, -0.2) is 4.79 Å². The molecule has 0 bridgehead atoms. The van der Waals surface area contributed by atoms with Gasteiger partial charge in [-0.1, -0.05) is 0 Å². The second-order valence-electron chi connectivity index (χ2n) is 3.35. The van der Waals surface area contributed by atoms with Crippen LogP contribution in [0.1, 0.15) is 24.5 Å². The Hall–Kier alpha value is -0.550. The number of halogens is 1. The number of nitrogens with one attached hydrogen (secondary N) is 3. The fraction of sp³-hybridized carbons (Fsp3) is 0.625. The number of H-pyrrole nitrogens is 2. The number of piperidine rings is 1. The van der Waals surface area contributed by atoms with Gasteiger partial charge in [0, 0.05) is 12.5 Å². The second-order valence-corrected chi connectivity index (χ2v) is 4.14. The molecule has 4 nitrogen and oxygen atoms in total. The molecular formula is C8H12BrN3O. The molecule has 1 fully saturated rings. The molecule has 0 radical (unpaired) electrons. The summed E-state index contributed by atoms with van der Waals surface area (Å²) in [6.45, 7) is 2.04. The van der Waals surface area contributed by atoms with E-state index >= 15 is 0 Å². The van der Waals surface area contributed by atoms with Crippen LogP contribution in [0.4, 0.5) is 0 Å². The zero-order valence-corrected chi connectivity index (χ0v) is 8.78. The summed E-state index contributed by atoms with van der Waals surface area (Å²) in [5, 5.41) is 3.31. The smallest absolute Gasteiger partial charge is 0.316 e. The molecular weight excluding hydrogens is 234 g/mol. The van der Waals surface area contributed by atoms with E-state index in [4.69, 9.17) is 0 Å². The van der Waals surface area contributed by atoms with Crippen LogP contribution in [-0.4, -0.2) is 23.1 Å². The molecule has 2 heterocycles. The van der Waals surface area contributed by atoms with Crippen molar-refractivity contribution in [2.75, 3.05) is 13.1 Å². The monoisotopic (exact) mass is 245 g/mol. The van der Waals surface area contributed by atoms with Crippen LogP contribution in [-0.2, 0) is 0 Å². The Morgan fingerprint density at radius 3 is 2.77 bits per heavy atom. The Balaban J connectivity index is 2.23. The van der Waals surface area contributed by atoms with Crippen LogP contribution in [0, 0.1) is 0 Å². The van der Waals surface area contributed by atoms with Gasteiger partial charge in [-0.3, -0.25) is 0 Å². The van der Waals surface area contributed by atoms with E-state index in [9.17, 15) is 4.79 Å². The van der Waals surface area contributed by atoms with E-state index in [1.807, 2.05) is 0 Å². The minimum absolute atomic E-state index is 0.132. The molecule has 1 aromatic rings. The van der Waals surface area contributed by atoms with E-state index < -0.39 is 0 Å². The molecule has 1 aromatic heterocycles. The van der Waals surface area contributed by atoms with Crippen molar-refractivity contribution >= 4 is 15.9 Å². The minimum Gasteiger partial charge on any atom is -0.316 e. The summed E-state index contributed by atoms with van der Waals surface area (Å²) in [7, 11) is 0. The van der Waals surface area contributed by atoms with Crippen LogP contribution < -0.4 is 11.0 Å². The van der Waals surface area contributed by atoms with Gasteiger partial charge in [0.05, 0.1) is 5.69 Å². The molecule has 3 N–H and O–H groups in total. The fourth-order valence-corrected chi connectivity index (χ4v) is 2.36. The van der Waals surface area contributed by atoms with E-state index in [1.165, 1.54) is 6.42 Å². The molecule has 1 aliphatic rings. The zero-order chi connectivity index (χ0) is 9.26. The Morgan fingerprint density at radius 2 is 2.23 bits per heavy atom. The normalized spacial score (nSPS) is 23.3. The maximum Gasteiger partial charge on any atom is 0.323 e. The molecule has 5 heteroatoms. The lowest BCUT2D eigenvalue weighted by atomic mass is 9.97. The first-order valence-electron chi connectivity index (χ1n) is 4.46. The Bertz CT molecular complexity index is 337. The van der Waals surface area contributed by atoms with Gasteiger partial charge in [-0.2, -0.15) is 0 Å². The fourth-order valence-electron chi connectivity index (χ4n) is 1.75. The summed E-state index contributed by atoms with van der Waals surface area (Å²) in [6, 6.07) is 0. The Kier molecular flexibility index (Phi) is 2.55. The van der Waals surface area contributed by atoms with Crippen molar-refractivity contribution in [2.45, 2.75) is 18.8 Å². The van der Waals surface area contributed by atoms with Crippen molar-refractivity contribution in [3.63, 3.8) is 0 Å². The summed E-state index contributed by atoms with van der Waals surface area (Å²) in [6.07, 6.45) is 2.31. The highest BCUT2D eigenvalue weighted by Crippen LogP contribution is 2.25. The topological polar surface area (TPSA) is 60.7 Å². The van der Waals surface area contributed by atoms with Gasteiger partial charge in [0.1, 0.15) is 4.60 Å². The number of aromatic amines is 2. The molecule has 0 amide bonds. The SMILES string of the molecule is O=c1[nH]c(Br)c(C2CCCNC2)[nH]1. The first-order chi connectivity index (χ1) is 6.27. The van der Waals surface area contributed by atoms with Crippen molar-refractivity contribution in [3.8, 4) is 0 Å². The van der Waals surface area contributed by atoms with Crippen LogP contribution in [0.3, 0.4) is 0 Å². The van der Waals surface area contributed by atoms with E-state index in [0.29, 0.717) is 5.92 Å². The summed E-state index contributed by atoms with van der Waals surface area (Å²) < 4.78 is 0.797. The molecule has 0 aromatic carbocycles. The van der Waals surface area contributed by atoms with Crippen molar-refractivity contribution in [1.29, 1.82) is 0 Å².